The number of rotatable bonds is 4. The van der Waals surface area contributed by atoms with Crippen LogP contribution >= 0.6 is 0 Å². The summed E-state index contributed by atoms with van der Waals surface area (Å²) < 4.78 is 0. The summed E-state index contributed by atoms with van der Waals surface area (Å²) in [7, 11) is 2.16. The first-order valence-corrected chi connectivity index (χ1v) is 7.49. The zero-order valence-electron chi connectivity index (χ0n) is 12.7. The standard InChI is InChI=1S/C16H25N3O/c1-12(2)10-18-16(20)15-9-13(6-7-17-15)14-5-4-8-19(3)11-14/h6-7,9,12,14H,4-5,8,10-11H2,1-3H3,(H,18,20). The summed E-state index contributed by atoms with van der Waals surface area (Å²) in [5.41, 5.74) is 1.78. The predicted molar refractivity (Wildman–Crippen MR) is 80.9 cm³/mol. The molecule has 1 amide bonds. The number of nitrogens with zero attached hydrogens (tertiary/aromatic N) is 2. The van der Waals surface area contributed by atoms with Gasteiger partial charge in [-0.05, 0) is 56.0 Å². The third-order valence-corrected chi connectivity index (χ3v) is 3.78. The quantitative estimate of drug-likeness (QED) is 0.917. The average Bonchev–Trinajstić information content (AvgIpc) is 2.45. The van der Waals surface area contributed by atoms with Gasteiger partial charge in [0.25, 0.3) is 5.91 Å². The molecule has 110 valence electrons. The van der Waals surface area contributed by atoms with E-state index >= 15 is 0 Å². The molecule has 0 aromatic carbocycles. The number of pyridine rings is 1. The van der Waals surface area contributed by atoms with Crippen LogP contribution in [0.4, 0.5) is 0 Å². The van der Waals surface area contributed by atoms with Crippen LogP contribution in [-0.4, -0.2) is 42.5 Å². The molecule has 1 fully saturated rings. The summed E-state index contributed by atoms with van der Waals surface area (Å²) in [5.74, 6) is 0.909. The Morgan fingerprint density at radius 1 is 1.55 bits per heavy atom. The largest absolute Gasteiger partial charge is 0.350 e. The first-order chi connectivity index (χ1) is 9.56. The lowest BCUT2D eigenvalue weighted by Crippen LogP contribution is -2.31. The lowest BCUT2D eigenvalue weighted by Gasteiger charge is -2.30. The predicted octanol–water partition coefficient (Wildman–Crippen LogP) is 2.28. The number of hydrogen-bond donors (Lipinski definition) is 1. The van der Waals surface area contributed by atoms with E-state index in [1.807, 2.05) is 12.1 Å². The summed E-state index contributed by atoms with van der Waals surface area (Å²) in [4.78, 5) is 18.6. The summed E-state index contributed by atoms with van der Waals surface area (Å²) in [5, 5.41) is 2.93. The minimum absolute atomic E-state index is 0.0651. The molecule has 2 rings (SSSR count). The van der Waals surface area contributed by atoms with Gasteiger partial charge in [-0.2, -0.15) is 0 Å². The van der Waals surface area contributed by atoms with Gasteiger partial charge in [0.15, 0.2) is 0 Å². The third kappa shape index (κ3) is 4.04. The number of aromatic nitrogens is 1. The molecular weight excluding hydrogens is 250 g/mol. The molecule has 1 aliphatic heterocycles. The molecule has 1 saturated heterocycles. The highest BCUT2D eigenvalue weighted by molar-refractivity contribution is 5.92. The fourth-order valence-electron chi connectivity index (χ4n) is 2.65. The van der Waals surface area contributed by atoms with Gasteiger partial charge >= 0.3 is 0 Å². The highest BCUT2D eigenvalue weighted by Gasteiger charge is 2.20. The van der Waals surface area contributed by atoms with Crippen molar-refractivity contribution in [2.24, 2.45) is 5.92 Å². The van der Waals surface area contributed by atoms with Crippen LogP contribution < -0.4 is 5.32 Å². The maximum Gasteiger partial charge on any atom is 0.269 e. The molecular formula is C16H25N3O. The van der Waals surface area contributed by atoms with E-state index in [1.165, 1.54) is 24.9 Å². The fourth-order valence-corrected chi connectivity index (χ4v) is 2.65. The summed E-state index contributed by atoms with van der Waals surface area (Å²) in [6.07, 6.45) is 4.17. The van der Waals surface area contributed by atoms with Gasteiger partial charge in [-0.25, -0.2) is 0 Å². The second-order valence-corrected chi connectivity index (χ2v) is 6.18. The van der Waals surface area contributed by atoms with Crippen LogP contribution in [0.25, 0.3) is 0 Å². The van der Waals surface area contributed by atoms with Gasteiger partial charge in [-0.3, -0.25) is 9.78 Å². The number of likely N-dealkylation sites (tertiary alicyclic amines) is 1. The first kappa shape index (κ1) is 15.0. The van der Waals surface area contributed by atoms with E-state index in [4.69, 9.17) is 0 Å². The molecule has 4 heteroatoms. The van der Waals surface area contributed by atoms with E-state index in [9.17, 15) is 4.79 Å². The Labute approximate surface area is 121 Å². The van der Waals surface area contributed by atoms with Crippen molar-refractivity contribution in [1.29, 1.82) is 0 Å². The zero-order chi connectivity index (χ0) is 14.5. The summed E-state index contributed by atoms with van der Waals surface area (Å²) in [6.45, 7) is 7.10. The molecule has 1 aromatic heterocycles. The minimum Gasteiger partial charge on any atom is -0.350 e. The van der Waals surface area contributed by atoms with E-state index in [1.54, 1.807) is 6.20 Å². The lowest BCUT2D eigenvalue weighted by atomic mass is 9.91. The Morgan fingerprint density at radius 2 is 2.35 bits per heavy atom. The Kier molecular flexibility index (Phi) is 5.12. The van der Waals surface area contributed by atoms with Crippen molar-refractivity contribution in [2.75, 3.05) is 26.7 Å². The molecule has 0 spiro atoms. The van der Waals surface area contributed by atoms with Crippen LogP contribution in [0.5, 0.6) is 0 Å². The van der Waals surface area contributed by atoms with E-state index in [0.29, 0.717) is 24.1 Å². The monoisotopic (exact) mass is 275 g/mol. The van der Waals surface area contributed by atoms with Crippen LogP contribution in [0.3, 0.4) is 0 Å². The Bertz CT molecular complexity index is 459. The Hall–Kier alpha value is -1.42. The molecule has 4 nitrogen and oxygen atoms in total. The number of piperidine rings is 1. The van der Waals surface area contributed by atoms with Crippen molar-refractivity contribution in [2.45, 2.75) is 32.6 Å². The Balaban J connectivity index is 2.05. The van der Waals surface area contributed by atoms with Crippen LogP contribution in [0.1, 0.15) is 48.7 Å². The van der Waals surface area contributed by atoms with Crippen molar-refractivity contribution >= 4 is 5.91 Å². The fraction of sp³-hybridized carbons (Fsp3) is 0.625. The van der Waals surface area contributed by atoms with Crippen LogP contribution in [0.15, 0.2) is 18.3 Å². The van der Waals surface area contributed by atoms with Gasteiger partial charge in [0.2, 0.25) is 0 Å². The Morgan fingerprint density at radius 3 is 3.05 bits per heavy atom. The highest BCUT2D eigenvalue weighted by Crippen LogP contribution is 2.26. The zero-order valence-corrected chi connectivity index (χ0v) is 12.7. The maximum absolute atomic E-state index is 12.1. The summed E-state index contributed by atoms with van der Waals surface area (Å²) >= 11 is 0. The SMILES string of the molecule is CC(C)CNC(=O)c1cc(C2CCCN(C)C2)ccn1. The van der Waals surface area contributed by atoms with Gasteiger partial charge in [0, 0.05) is 19.3 Å². The first-order valence-electron chi connectivity index (χ1n) is 7.49. The van der Waals surface area contributed by atoms with Crippen molar-refractivity contribution in [3.05, 3.63) is 29.6 Å². The van der Waals surface area contributed by atoms with E-state index in [0.717, 1.165) is 6.54 Å². The van der Waals surface area contributed by atoms with Crippen LogP contribution in [0, 0.1) is 5.92 Å². The molecule has 2 heterocycles. The number of carbonyl (C=O) groups excluding carboxylic acids is 1. The van der Waals surface area contributed by atoms with Gasteiger partial charge in [-0.1, -0.05) is 13.8 Å². The molecule has 1 atom stereocenters. The molecule has 0 bridgehead atoms. The van der Waals surface area contributed by atoms with Gasteiger partial charge in [0.1, 0.15) is 5.69 Å². The van der Waals surface area contributed by atoms with Crippen LogP contribution in [-0.2, 0) is 0 Å². The van der Waals surface area contributed by atoms with Crippen molar-refractivity contribution in [3.63, 3.8) is 0 Å². The molecule has 1 unspecified atom stereocenters. The lowest BCUT2D eigenvalue weighted by molar-refractivity contribution is 0.0944. The second-order valence-electron chi connectivity index (χ2n) is 6.18. The van der Waals surface area contributed by atoms with E-state index < -0.39 is 0 Å². The normalized spacial score (nSPS) is 20.1. The molecule has 0 saturated carbocycles. The topological polar surface area (TPSA) is 45.2 Å². The van der Waals surface area contributed by atoms with Crippen LogP contribution in [0.2, 0.25) is 0 Å². The van der Waals surface area contributed by atoms with Gasteiger partial charge in [-0.15, -0.1) is 0 Å². The molecule has 1 N–H and O–H groups in total. The van der Waals surface area contributed by atoms with Gasteiger partial charge in [0.05, 0.1) is 0 Å². The second kappa shape index (κ2) is 6.84. The minimum atomic E-state index is -0.0651. The molecule has 20 heavy (non-hydrogen) atoms. The number of likely N-dealkylation sites (N-methyl/N-ethyl adjacent to an activating group) is 1. The summed E-state index contributed by atoms with van der Waals surface area (Å²) in [6, 6.07) is 4.00. The van der Waals surface area contributed by atoms with Crippen molar-refractivity contribution in [1.82, 2.24) is 15.2 Å². The average molecular weight is 275 g/mol. The van der Waals surface area contributed by atoms with Gasteiger partial charge < -0.3 is 10.2 Å². The number of amides is 1. The van der Waals surface area contributed by atoms with Crippen molar-refractivity contribution < 1.29 is 4.79 Å². The van der Waals surface area contributed by atoms with Crippen molar-refractivity contribution in [3.8, 4) is 0 Å². The molecule has 1 aliphatic rings. The maximum atomic E-state index is 12.1. The molecule has 1 aromatic rings. The molecule has 0 radical (unpaired) electrons. The highest BCUT2D eigenvalue weighted by atomic mass is 16.1. The number of carbonyl (C=O) groups is 1. The van der Waals surface area contributed by atoms with E-state index in [2.05, 4.69) is 36.1 Å². The number of nitrogens with one attached hydrogen (secondary N) is 1. The smallest absolute Gasteiger partial charge is 0.269 e. The number of hydrogen-bond acceptors (Lipinski definition) is 3. The third-order valence-electron chi connectivity index (χ3n) is 3.78. The van der Waals surface area contributed by atoms with E-state index in [-0.39, 0.29) is 5.91 Å². The molecule has 0 aliphatic carbocycles.